The number of hydrogen-bond donors (Lipinski definition) is 0. The molecule has 0 N–H and O–H groups in total. The fraction of sp³-hybridized carbons (Fsp3) is 0.333. The second-order valence-corrected chi connectivity index (χ2v) is 11.2. The van der Waals surface area contributed by atoms with Gasteiger partial charge < -0.3 is 8.39 Å². The van der Waals surface area contributed by atoms with Gasteiger partial charge in [0, 0.05) is 10.8 Å². The molecule has 1 aliphatic carbocycles. The van der Waals surface area contributed by atoms with Crippen LogP contribution in [0.25, 0.3) is 43.5 Å². The van der Waals surface area contributed by atoms with E-state index < -0.39 is 8.24 Å². The highest BCUT2D eigenvalue weighted by atomic mass is 31.1. The van der Waals surface area contributed by atoms with E-state index in [9.17, 15) is 0 Å². The number of benzene rings is 4. The summed E-state index contributed by atoms with van der Waals surface area (Å²) < 4.78 is 19.9. The Labute approximate surface area is 201 Å². The van der Waals surface area contributed by atoms with E-state index in [1.807, 2.05) is 0 Å². The van der Waals surface area contributed by atoms with Gasteiger partial charge in [-0.25, -0.2) is 0 Å². The monoisotopic (exact) mass is 470 g/mol. The lowest BCUT2D eigenvalue weighted by molar-refractivity contribution is 0.0746. The van der Waals surface area contributed by atoms with Crippen molar-refractivity contribution in [2.45, 2.75) is 46.1 Å². The Morgan fingerprint density at radius 3 is 1.88 bits per heavy atom. The summed E-state index contributed by atoms with van der Waals surface area (Å²) in [5.74, 6) is 1.77. The number of fused-ring (bicyclic) bond motifs is 7. The Balaban J connectivity index is 1.65. The topological polar surface area (TPSA) is 35.5 Å². The minimum atomic E-state index is -1.58. The van der Waals surface area contributed by atoms with Crippen molar-refractivity contribution >= 4 is 51.7 Å². The Hall–Kier alpha value is -2.74. The third-order valence-electron chi connectivity index (χ3n) is 7.56. The predicted octanol–water partition coefficient (Wildman–Crippen LogP) is 9.49. The molecule has 0 amide bonds. The lowest BCUT2D eigenvalue weighted by atomic mass is 9.75. The average molecular weight is 471 g/mol. The maximum Gasteiger partial charge on any atom is 0.387 e. The van der Waals surface area contributed by atoms with Crippen LogP contribution in [0.3, 0.4) is 0 Å². The Morgan fingerprint density at radius 2 is 1.32 bits per heavy atom. The molecule has 0 saturated heterocycles. The highest BCUT2D eigenvalue weighted by Crippen LogP contribution is 2.43. The summed E-state index contributed by atoms with van der Waals surface area (Å²) >= 11 is 0. The summed E-state index contributed by atoms with van der Waals surface area (Å²) in [6, 6.07) is 25.5. The molecular formula is C30H31O3P. The van der Waals surface area contributed by atoms with Crippen LogP contribution in [0, 0.1) is 17.8 Å². The van der Waals surface area contributed by atoms with Gasteiger partial charge in [-0.15, -0.1) is 0 Å². The molecule has 174 valence electrons. The van der Waals surface area contributed by atoms with Crippen molar-refractivity contribution in [3.8, 4) is 0 Å². The lowest BCUT2D eigenvalue weighted by Crippen LogP contribution is -2.35. The van der Waals surface area contributed by atoms with E-state index in [1.54, 1.807) is 0 Å². The summed E-state index contributed by atoms with van der Waals surface area (Å²) in [5, 5.41) is 6.91. The molecule has 4 heteroatoms. The molecule has 1 aliphatic rings. The van der Waals surface area contributed by atoms with Crippen molar-refractivity contribution in [1.29, 1.82) is 0 Å². The molecule has 0 unspecified atom stereocenters. The van der Waals surface area contributed by atoms with Crippen molar-refractivity contribution in [3.63, 3.8) is 0 Å². The molecule has 3 nitrogen and oxygen atoms in total. The number of rotatable bonds is 3. The molecule has 1 saturated carbocycles. The van der Waals surface area contributed by atoms with Crippen molar-refractivity contribution in [2.75, 3.05) is 0 Å². The van der Waals surface area contributed by atoms with Gasteiger partial charge in [-0.1, -0.05) is 87.9 Å². The van der Waals surface area contributed by atoms with Gasteiger partial charge in [-0.05, 0) is 64.3 Å². The zero-order chi connectivity index (χ0) is 23.2. The maximum atomic E-state index is 6.71. The molecule has 1 fully saturated rings. The lowest BCUT2D eigenvalue weighted by Gasteiger charge is -2.35. The van der Waals surface area contributed by atoms with Gasteiger partial charge in [0.05, 0.1) is 6.10 Å². The third-order valence-corrected chi connectivity index (χ3v) is 8.69. The summed E-state index contributed by atoms with van der Waals surface area (Å²) in [5.41, 5.74) is 1.68. The largest absolute Gasteiger partial charge is 0.399 e. The highest BCUT2D eigenvalue weighted by molar-refractivity contribution is 7.31. The number of hydrogen-bond acceptors (Lipinski definition) is 3. The molecule has 4 aromatic carbocycles. The Morgan fingerprint density at radius 1 is 0.765 bits per heavy atom. The first-order valence-corrected chi connectivity index (χ1v) is 13.5. The molecule has 5 aromatic rings. The van der Waals surface area contributed by atoms with Crippen LogP contribution in [0.4, 0.5) is 0 Å². The summed E-state index contributed by atoms with van der Waals surface area (Å²) in [7, 11) is -1.58. The fourth-order valence-corrected chi connectivity index (χ4v) is 6.95. The quantitative estimate of drug-likeness (QED) is 0.263. The molecule has 0 aliphatic heterocycles. The standard InChI is InChI=1S/C30H31O3P/c1-19(2)23-15-12-20(3)18-28(23)33-34-31-26-16-13-21-8-4-6-10-24(21)29(26)30-25-11-7-5-9-22(25)14-17-27(30)32-34/h4-11,13-14,16-17,19-20,23,28H,12,15,18H2,1-3H3/t20-,23+,28+/m0/s1. The zero-order valence-corrected chi connectivity index (χ0v) is 20.9. The van der Waals surface area contributed by atoms with Gasteiger partial charge >= 0.3 is 8.24 Å². The normalized spacial score (nSPS) is 21.1. The molecule has 0 bridgehead atoms. The van der Waals surface area contributed by atoms with Crippen LogP contribution in [0.2, 0.25) is 0 Å². The Kier molecular flexibility index (Phi) is 5.63. The third kappa shape index (κ3) is 3.82. The van der Waals surface area contributed by atoms with Crippen molar-refractivity contribution in [3.05, 3.63) is 72.8 Å². The predicted molar refractivity (Wildman–Crippen MR) is 143 cm³/mol. The molecule has 0 radical (unpaired) electrons. The van der Waals surface area contributed by atoms with Crippen molar-refractivity contribution in [2.24, 2.45) is 17.8 Å². The zero-order valence-electron chi connectivity index (χ0n) is 20.0. The smallest absolute Gasteiger partial charge is 0.387 e. The molecule has 6 rings (SSSR count). The fourth-order valence-electron chi connectivity index (χ4n) is 5.74. The van der Waals surface area contributed by atoms with E-state index in [0.717, 1.165) is 28.4 Å². The van der Waals surface area contributed by atoms with E-state index in [1.165, 1.54) is 34.4 Å². The molecule has 0 spiro atoms. The minimum absolute atomic E-state index is 0.153. The highest BCUT2D eigenvalue weighted by Gasteiger charge is 2.33. The first kappa shape index (κ1) is 21.8. The first-order valence-electron chi connectivity index (χ1n) is 12.4. The van der Waals surface area contributed by atoms with Crippen LogP contribution in [-0.2, 0) is 0 Å². The van der Waals surface area contributed by atoms with Crippen LogP contribution < -0.4 is 4.52 Å². The molecule has 1 heterocycles. The van der Waals surface area contributed by atoms with Crippen LogP contribution in [0.15, 0.2) is 81.2 Å². The summed E-state index contributed by atoms with van der Waals surface area (Å²) in [6.45, 7) is 6.95. The van der Waals surface area contributed by atoms with Crippen molar-refractivity contribution < 1.29 is 12.9 Å². The van der Waals surface area contributed by atoms with Gasteiger partial charge in [0.15, 0.2) is 0 Å². The van der Waals surface area contributed by atoms with E-state index in [0.29, 0.717) is 17.8 Å². The van der Waals surface area contributed by atoms with Crippen LogP contribution in [-0.4, -0.2) is 6.10 Å². The van der Waals surface area contributed by atoms with Gasteiger partial charge in [0.25, 0.3) is 0 Å². The van der Waals surface area contributed by atoms with Crippen LogP contribution >= 0.6 is 8.24 Å². The second-order valence-electron chi connectivity index (χ2n) is 10.2. The van der Waals surface area contributed by atoms with Crippen molar-refractivity contribution in [1.82, 2.24) is 0 Å². The van der Waals surface area contributed by atoms with E-state index in [-0.39, 0.29) is 6.10 Å². The van der Waals surface area contributed by atoms with Gasteiger partial charge in [-0.3, -0.25) is 4.52 Å². The molecular weight excluding hydrogens is 439 g/mol. The van der Waals surface area contributed by atoms with Gasteiger partial charge in [0.1, 0.15) is 11.2 Å². The van der Waals surface area contributed by atoms with E-state index >= 15 is 0 Å². The average Bonchev–Trinajstić information content (AvgIpc) is 3.00. The summed E-state index contributed by atoms with van der Waals surface area (Å²) in [4.78, 5) is 0. The minimum Gasteiger partial charge on any atom is -0.399 e. The van der Waals surface area contributed by atoms with Gasteiger partial charge in [-0.2, -0.15) is 0 Å². The van der Waals surface area contributed by atoms with Crippen LogP contribution in [0.1, 0.15) is 40.0 Å². The summed E-state index contributed by atoms with van der Waals surface area (Å²) in [6.07, 6.45) is 3.69. The van der Waals surface area contributed by atoms with Gasteiger partial charge in [0.2, 0.25) is 0 Å². The second kappa shape index (κ2) is 8.80. The van der Waals surface area contributed by atoms with Crippen LogP contribution in [0.5, 0.6) is 0 Å². The molecule has 34 heavy (non-hydrogen) atoms. The SMILES string of the molecule is CC(C)[C@H]1CC[C@H](C)C[C@H]1Op1oc2ccc3ccccc3c2c2c(ccc3ccccc32)o1. The first-order chi connectivity index (χ1) is 16.6. The maximum absolute atomic E-state index is 6.71. The molecule has 3 atom stereocenters. The molecule has 1 aromatic heterocycles. The van der Waals surface area contributed by atoms with E-state index in [2.05, 4.69) is 93.6 Å². The Bertz CT molecular complexity index is 1440. The van der Waals surface area contributed by atoms with E-state index in [4.69, 9.17) is 12.9 Å².